The van der Waals surface area contributed by atoms with E-state index in [9.17, 15) is 13.2 Å². The average molecular weight is 309 g/mol. The molecular weight excluding hydrogens is 295 g/mol. The summed E-state index contributed by atoms with van der Waals surface area (Å²) < 4.78 is 50.4. The SMILES string of the molecule is CCOc1cc(C(N)=S)ccc1OCOCC(F)(F)F. The van der Waals surface area contributed by atoms with Crippen molar-refractivity contribution in [2.45, 2.75) is 13.1 Å². The van der Waals surface area contributed by atoms with Crippen molar-refractivity contribution >= 4 is 17.2 Å². The van der Waals surface area contributed by atoms with Crippen LogP contribution < -0.4 is 15.2 Å². The molecule has 4 nitrogen and oxygen atoms in total. The molecule has 0 aliphatic rings. The van der Waals surface area contributed by atoms with Gasteiger partial charge in [-0.25, -0.2) is 0 Å². The Labute approximate surface area is 119 Å². The molecule has 0 saturated carbocycles. The standard InChI is InChI=1S/C12H14F3NO3S/c1-2-18-10-5-8(11(16)20)3-4-9(10)19-7-17-6-12(13,14)15/h3-5H,2,6-7H2,1H3,(H2,16,20). The molecule has 1 aromatic rings. The highest BCUT2D eigenvalue weighted by Gasteiger charge is 2.27. The van der Waals surface area contributed by atoms with Gasteiger partial charge in [-0.3, -0.25) is 0 Å². The summed E-state index contributed by atoms with van der Waals surface area (Å²) in [5.74, 6) is 0.599. The third kappa shape index (κ3) is 5.62. The van der Waals surface area contributed by atoms with Crippen molar-refractivity contribution < 1.29 is 27.4 Å². The van der Waals surface area contributed by atoms with E-state index in [2.05, 4.69) is 4.74 Å². The van der Waals surface area contributed by atoms with Crippen LogP contribution in [0.1, 0.15) is 12.5 Å². The molecule has 112 valence electrons. The maximum atomic E-state index is 11.9. The third-order valence-corrected chi connectivity index (χ3v) is 2.33. The zero-order valence-corrected chi connectivity index (χ0v) is 11.5. The Kier molecular flexibility index (Phi) is 6.03. The molecule has 0 fully saturated rings. The number of halogens is 3. The van der Waals surface area contributed by atoms with Crippen molar-refractivity contribution in [3.63, 3.8) is 0 Å². The van der Waals surface area contributed by atoms with Gasteiger partial charge in [0.2, 0.25) is 0 Å². The van der Waals surface area contributed by atoms with Crippen molar-refractivity contribution in [3.05, 3.63) is 23.8 Å². The van der Waals surface area contributed by atoms with Gasteiger partial charge in [0.15, 0.2) is 18.3 Å². The largest absolute Gasteiger partial charge is 0.490 e. The second-order valence-electron chi connectivity index (χ2n) is 3.68. The average Bonchev–Trinajstić information content (AvgIpc) is 2.35. The van der Waals surface area contributed by atoms with Crippen molar-refractivity contribution in [3.8, 4) is 11.5 Å². The summed E-state index contributed by atoms with van der Waals surface area (Å²) in [5, 5.41) is 0. The van der Waals surface area contributed by atoms with Gasteiger partial charge in [-0.2, -0.15) is 13.2 Å². The Morgan fingerprint density at radius 2 is 1.95 bits per heavy atom. The van der Waals surface area contributed by atoms with E-state index >= 15 is 0 Å². The fraction of sp³-hybridized carbons (Fsp3) is 0.417. The van der Waals surface area contributed by atoms with E-state index in [1.165, 1.54) is 6.07 Å². The molecule has 0 heterocycles. The van der Waals surface area contributed by atoms with Crippen molar-refractivity contribution in [1.29, 1.82) is 0 Å². The molecule has 1 rings (SSSR count). The highest BCUT2D eigenvalue weighted by Crippen LogP contribution is 2.28. The smallest absolute Gasteiger partial charge is 0.411 e. The lowest BCUT2D eigenvalue weighted by atomic mass is 10.2. The van der Waals surface area contributed by atoms with Crippen LogP contribution >= 0.6 is 12.2 Å². The highest BCUT2D eigenvalue weighted by molar-refractivity contribution is 7.80. The van der Waals surface area contributed by atoms with Crippen molar-refractivity contribution in [2.75, 3.05) is 20.0 Å². The van der Waals surface area contributed by atoms with E-state index in [0.29, 0.717) is 17.9 Å². The number of ether oxygens (including phenoxy) is 3. The summed E-state index contributed by atoms with van der Waals surface area (Å²) in [5.41, 5.74) is 6.06. The minimum Gasteiger partial charge on any atom is -0.490 e. The maximum Gasteiger partial charge on any atom is 0.411 e. The van der Waals surface area contributed by atoms with Crippen LogP contribution in [0, 0.1) is 0 Å². The molecule has 0 aliphatic heterocycles. The molecule has 0 saturated heterocycles. The number of nitrogens with two attached hydrogens (primary N) is 1. The van der Waals surface area contributed by atoms with Gasteiger partial charge in [-0.1, -0.05) is 12.2 Å². The lowest BCUT2D eigenvalue weighted by Gasteiger charge is -2.13. The lowest BCUT2D eigenvalue weighted by Crippen LogP contribution is -2.19. The van der Waals surface area contributed by atoms with E-state index in [-0.39, 0.29) is 10.7 Å². The quantitative estimate of drug-likeness (QED) is 0.477. The first-order valence-corrected chi connectivity index (χ1v) is 6.08. The Morgan fingerprint density at radius 3 is 2.50 bits per heavy atom. The molecule has 0 aromatic heterocycles. The van der Waals surface area contributed by atoms with E-state index in [1.54, 1.807) is 19.1 Å². The first kappa shape index (κ1) is 16.5. The first-order chi connectivity index (χ1) is 9.33. The third-order valence-electron chi connectivity index (χ3n) is 2.09. The summed E-state index contributed by atoms with van der Waals surface area (Å²) >= 11 is 4.83. The van der Waals surface area contributed by atoms with E-state index in [1.807, 2.05) is 0 Å². The molecule has 0 spiro atoms. The van der Waals surface area contributed by atoms with Crippen LogP contribution in [-0.4, -0.2) is 31.2 Å². The number of benzene rings is 1. The van der Waals surface area contributed by atoms with Gasteiger partial charge in [-0.05, 0) is 25.1 Å². The molecule has 1 aromatic carbocycles. The zero-order valence-electron chi connectivity index (χ0n) is 10.7. The van der Waals surface area contributed by atoms with Crippen molar-refractivity contribution in [2.24, 2.45) is 5.73 Å². The molecular formula is C12H14F3NO3S. The predicted molar refractivity (Wildman–Crippen MR) is 71.0 cm³/mol. The van der Waals surface area contributed by atoms with E-state index < -0.39 is 19.6 Å². The monoisotopic (exact) mass is 309 g/mol. The second kappa shape index (κ2) is 7.30. The molecule has 0 radical (unpaired) electrons. The summed E-state index contributed by atoms with van der Waals surface area (Å²) in [7, 11) is 0. The van der Waals surface area contributed by atoms with E-state index in [4.69, 9.17) is 27.4 Å². The fourth-order valence-corrected chi connectivity index (χ4v) is 1.44. The van der Waals surface area contributed by atoms with Gasteiger partial charge in [0.05, 0.1) is 6.61 Å². The molecule has 0 bridgehead atoms. The van der Waals surface area contributed by atoms with Gasteiger partial charge < -0.3 is 19.9 Å². The Balaban J connectivity index is 2.66. The van der Waals surface area contributed by atoms with Crippen LogP contribution in [0.5, 0.6) is 11.5 Å². The molecule has 8 heteroatoms. The number of alkyl halides is 3. The molecule has 20 heavy (non-hydrogen) atoms. The molecule has 0 atom stereocenters. The Bertz CT molecular complexity index is 466. The predicted octanol–water partition coefficient (Wildman–Crippen LogP) is 2.63. The summed E-state index contributed by atoms with van der Waals surface area (Å²) in [4.78, 5) is 0.186. The lowest BCUT2D eigenvalue weighted by molar-refractivity contribution is -0.186. The topological polar surface area (TPSA) is 53.7 Å². The first-order valence-electron chi connectivity index (χ1n) is 5.67. The highest BCUT2D eigenvalue weighted by atomic mass is 32.1. The van der Waals surface area contributed by atoms with Gasteiger partial charge in [0, 0.05) is 5.56 Å². The van der Waals surface area contributed by atoms with Gasteiger partial charge >= 0.3 is 6.18 Å². The van der Waals surface area contributed by atoms with Crippen LogP contribution in [-0.2, 0) is 4.74 Å². The zero-order chi connectivity index (χ0) is 15.2. The summed E-state index contributed by atoms with van der Waals surface area (Å²) in [6.07, 6.45) is -4.39. The van der Waals surface area contributed by atoms with Gasteiger partial charge in [-0.15, -0.1) is 0 Å². The number of hydrogen-bond donors (Lipinski definition) is 1. The normalized spacial score (nSPS) is 11.2. The molecule has 0 amide bonds. The van der Waals surface area contributed by atoms with Crippen LogP contribution in [0.2, 0.25) is 0 Å². The van der Waals surface area contributed by atoms with Crippen LogP contribution in [0.15, 0.2) is 18.2 Å². The maximum absolute atomic E-state index is 11.9. The molecule has 0 aliphatic carbocycles. The molecule has 0 unspecified atom stereocenters. The van der Waals surface area contributed by atoms with Crippen LogP contribution in [0.25, 0.3) is 0 Å². The Hall–Kier alpha value is -1.54. The van der Waals surface area contributed by atoms with Crippen LogP contribution in [0.3, 0.4) is 0 Å². The minimum atomic E-state index is -4.39. The Morgan fingerprint density at radius 1 is 1.25 bits per heavy atom. The summed E-state index contributed by atoms with van der Waals surface area (Å²) in [6, 6.07) is 4.66. The molecule has 2 N–H and O–H groups in total. The minimum absolute atomic E-state index is 0.186. The number of hydrogen-bond acceptors (Lipinski definition) is 4. The second-order valence-corrected chi connectivity index (χ2v) is 4.12. The van der Waals surface area contributed by atoms with Gasteiger partial charge in [0.1, 0.15) is 11.6 Å². The van der Waals surface area contributed by atoms with E-state index in [0.717, 1.165) is 0 Å². The fourth-order valence-electron chi connectivity index (χ4n) is 1.31. The summed E-state index contributed by atoms with van der Waals surface area (Å²) in [6.45, 7) is 0.214. The van der Waals surface area contributed by atoms with Gasteiger partial charge in [0.25, 0.3) is 0 Å². The number of thiocarbonyl (C=S) groups is 1. The number of rotatable bonds is 7. The van der Waals surface area contributed by atoms with Crippen LogP contribution in [0.4, 0.5) is 13.2 Å². The van der Waals surface area contributed by atoms with Crippen molar-refractivity contribution in [1.82, 2.24) is 0 Å².